The van der Waals surface area contributed by atoms with Crippen molar-refractivity contribution >= 4 is 39.0 Å². The molecule has 3 rings (SSSR count). The molecule has 7 heteroatoms. The first-order valence-corrected chi connectivity index (χ1v) is 8.24. The average Bonchev–Trinajstić information content (AvgIpc) is 2.98. The Morgan fingerprint density at radius 1 is 1.20 bits per heavy atom. The molecule has 0 aliphatic rings. The minimum absolute atomic E-state index is 0.237. The molecule has 1 aromatic heterocycles. The fourth-order valence-corrected chi connectivity index (χ4v) is 3.15. The van der Waals surface area contributed by atoms with Crippen LogP contribution in [0.25, 0.3) is 10.1 Å². The van der Waals surface area contributed by atoms with Crippen LogP contribution in [0.2, 0.25) is 0 Å². The van der Waals surface area contributed by atoms with Crippen molar-refractivity contribution in [3.05, 3.63) is 59.2 Å². The Balaban J connectivity index is 1.71. The van der Waals surface area contributed by atoms with Crippen LogP contribution < -0.4 is 10.1 Å². The van der Waals surface area contributed by atoms with E-state index in [9.17, 15) is 14.0 Å². The Labute approximate surface area is 146 Å². The molecule has 1 unspecified atom stereocenters. The second kappa shape index (κ2) is 6.90. The summed E-state index contributed by atoms with van der Waals surface area (Å²) >= 11 is 1.17. The lowest BCUT2D eigenvalue weighted by Crippen LogP contribution is -2.30. The Bertz CT molecular complexity index is 953. The van der Waals surface area contributed by atoms with Crippen molar-refractivity contribution in [3.8, 4) is 5.75 Å². The van der Waals surface area contributed by atoms with Gasteiger partial charge in [-0.25, -0.2) is 9.18 Å². The number of benzene rings is 2. The number of halogens is 1. The number of carboxylic acids is 1. The fraction of sp³-hybridized carbons (Fsp3) is 0.111. The van der Waals surface area contributed by atoms with Crippen LogP contribution in [0.1, 0.15) is 16.6 Å². The standard InChI is InChI=1S/C18H14FNO4S/c1-10(24-14-4-2-3-12(19)9-14)17(21)20-13-5-6-15-11(7-13)8-16(25-15)18(22)23/h2-10H,1H3,(H,20,21)(H,22,23). The third-order valence-electron chi connectivity index (χ3n) is 3.47. The van der Waals surface area contributed by atoms with Gasteiger partial charge < -0.3 is 15.2 Å². The summed E-state index contributed by atoms with van der Waals surface area (Å²) in [6.45, 7) is 1.56. The molecule has 1 atom stereocenters. The number of carboxylic acid groups (broad SMARTS) is 1. The second-order valence-electron chi connectivity index (χ2n) is 5.38. The minimum Gasteiger partial charge on any atom is -0.481 e. The highest BCUT2D eigenvalue weighted by Gasteiger charge is 2.16. The normalized spacial score (nSPS) is 11.9. The highest BCUT2D eigenvalue weighted by molar-refractivity contribution is 7.20. The molecule has 5 nitrogen and oxygen atoms in total. The van der Waals surface area contributed by atoms with E-state index in [2.05, 4.69) is 5.32 Å². The van der Waals surface area contributed by atoms with E-state index in [1.807, 2.05) is 0 Å². The molecule has 0 saturated heterocycles. The van der Waals surface area contributed by atoms with Crippen molar-refractivity contribution in [2.24, 2.45) is 0 Å². The molecule has 1 amide bonds. The van der Waals surface area contributed by atoms with Crippen molar-refractivity contribution in [1.82, 2.24) is 0 Å². The topological polar surface area (TPSA) is 75.6 Å². The second-order valence-corrected chi connectivity index (χ2v) is 6.46. The maximum Gasteiger partial charge on any atom is 0.345 e. The van der Waals surface area contributed by atoms with Crippen LogP contribution in [0.4, 0.5) is 10.1 Å². The SMILES string of the molecule is CC(Oc1cccc(F)c1)C(=O)Nc1ccc2sc(C(=O)O)cc2c1. The van der Waals surface area contributed by atoms with Gasteiger partial charge in [0.05, 0.1) is 0 Å². The van der Waals surface area contributed by atoms with Crippen LogP contribution in [0.5, 0.6) is 5.75 Å². The predicted molar refractivity (Wildman–Crippen MR) is 93.9 cm³/mol. The van der Waals surface area contributed by atoms with Crippen LogP contribution in [-0.4, -0.2) is 23.1 Å². The van der Waals surface area contributed by atoms with Gasteiger partial charge in [0.2, 0.25) is 0 Å². The monoisotopic (exact) mass is 359 g/mol. The number of hydrogen-bond donors (Lipinski definition) is 2. The highest BCUT2D eigenvalue weighted by atomic mass is 32.1. The number of ether oxygens (including phenoxy) is 1. The number of thiophene rings is 1. The first-order chi connectivity index (χ1) is 11.9. The van der Waals surface area contributed by atoms with Crippen molar-refractivity contribution < 1.29 is 23.8 Å². The summed E-state index contributed by atoms with van der Waals surface area (Å²) in [5, 5.41) is 12.5. The van der Waals surface area contributed by atoms with Gasteiger partial charge in [-0.1, -0.05) is 6.07 Å². The molecular formula is C18H14FNO4S. The van der Waals surface area contributed by atoms with Crippen LogP contribution in [-0.2, 0) is 4.79 Å². The van der Waals surface area contributed by atoms with E-state index < -0.39 is 23.8 Å². The largest absolute Gasteiger partial charge is 0.481 e. The van der Waals surface area contributed by atoms with Crippen LogP contribution in [0.15, 0.2) is 48.5 Å². The number of aromatic carboxylic acids is 1. The van der Waals surface area contributed by atoms with E-state index in [0.717, 1.165) is 10.1 Å². The molecule has 3 aromatic rings. The highest BCUT2D eigenvalue weighted by Crippen LogP contribution is 2.28. The van der Waals surface area contributed by atoms with Crippen molar-refractivity contribution in [3.63, 3.8) is 0 Å². The maximum atomic E-state index is 13.2. The molecule has 1 heterocycles. The fourth-order valence-electron chi connectivity index (χ4n) is 2.27. The number of nitrogens with one attached hydrogen (secondary N) is 1. The van der Waals surface area contributed by atoms with Crippen LogP contribution in [0, 0.1) is 5.82 Å². The number of hydrogen-bond acceptors (Lipinski definition) is 4. The van der Waals surface area contributed by atoms with Crippen molar-refractivity contribution in [2.45, 2.75) is 13.0 Å². The lowest BCUT2D eigenvalue weighted by atomic mass is 10.2. The molecule has 2 N–H and O–H groups in total. The van der Waals surface area contributed by atoms with Gasteiger partial charge in [-0.3, -0.25) is 4.79 Å². The molecule has 128 valence electrons. The van der Waals surface area contributed by atoms with Crippen LogP contribution >= 0.6 is 11.3 Å². The predicted octanol–water partition coefficient (Wildman–Crippen LogP) is 4.14. The molecule has 0 fully saturated rings. The third-order valence-corrected chi connectivity index (χ3v) is 4.58. The lowest BCUT2D eigenvalue weighted by molar-refractivity contribution is -0.122. The zero-order valence-corrected chi connectivity index (χ0v) is 14.0. The quantitative estimate of drug-likeness (QED) is 0.718. The zero-order valence-electron chi connectivity index (χ0n) is 13.2. The number of rotatable bonds is 5. The van der Waals surface area contributed by atoms with Gasteiger partial charge in [0.15, 0.2) is 6.10 Å². The van der Waals surface area contributed by atoms with Gasteiger partial charge in [0.25, 0.3) is 5.91 Å². The summed E-state index contributed by atoms with van der Waals surface area (Å²) in [5.74, 6) is -1.55. The molecular weight excluding hydrogens is 345 g/mol. The Kier molecular flexibility index (Phi) is 4.67. The maximum absolute atomic E-state index is 13.2. The molecule has 0 saturated carbocycles. The van der Waals surface area contributed by atoms with Crippen LogP contribution in [0.3, 0.4) is 0 Å². The van der Waals surface area contributed by atoms with Gasteiger partial charge >= 0.3 is 5.97 Å². The minimum atomic E-state index is -0.982. The number of fused-ring (bicyclic) bond motifs is 1. The van der Waals surface area contributed by atoms with E-state index in [4.69, 9.17) is 9.84 Å². The summed E-state index contributed by atoms with van der Waals surface area (Å²) < 4.78 is 19.4. The van der Waals surface area contributed by atoms with Gasteiger partial charge in [-0.05, 0) is 48.7 Å². The smallest absolute Gasteiger partial charge is 0.345 e. The molecule has 25 heavy (non-hydrogen) atoms. The number of amides is 1. The summed E-state index contributed by atoms with van der Waals surface area (Å²) in [6.07, 6.45) is -0.824. The third kappa shape index (κ3) is 3.95. The molecule has 0 aliphatic carbocycles. The summed E-state index contributed by atoms with van der Waals surface area (Å²) in [7, 11) is 0. The zero-order chi connectivity index (χ0) is 18.0. The van der Waals surface area contributed by atoms with Crippen molar-refractivity contribution in [2.75, 3.05) is 5.32 Å². The summed E-state index contributed by atoms with van der Waals surface area (Å²) in [6, 6.07) is 12.3. The van der Waals surface area contributed by atoms with E-state index in [1.54, 1.807) is 37.3 Å². The Morgan fingerprint density at radius 2 is 2.00 bits per heavy atom. The Morgan fingerprint density at radius 3 is 2.72 bits per heavy atom. The lowest BCUT2D eigenvalue weighted by Gasteiger charge is -2.14. The number of carbonyl (C=O) groups is 2. The van der Waals surface area contributed by atoms with E-state index >= 15 is 0 Å². The van der Waals surface area contributed by atoms with Gasteiger partial charge in [0, 0.05) is 16.5 Å². The first-order valence-electron chi connectivity index (χ1n) is 7.42. The molecule has 2 aromatic carbocycles. The number of carbonyl (C=O) groups excluding carboxylic acids is 1. The van der Waals surface area contributed by atoms with E-state index in [0.29, 0.717) is 5.69 Å². The van der Waals surface area contributed by atoms with Gasteiger partial charge in [-0.15, -0.1) is 11.3 Å². The van der Waals surface area contributed by atoms with Gasteiger partial charge in [-0.2, -0.15) is 0 Å². The molecule has 0 spiro atoms. The summed E-state index contributed by atoms with van der Waals surface area (Å²) in [4.78, 5) is 23.5. The molecule has 0 aliphatic heterocycles. The van der Waals surface area contributed by atoms with Gasteiger partial charge in [0.1, 0.15) is 16.4 Å². The van der Waals surface area contributed by atoms with Crippen molar-refractivity contribution in [1.29, 1.82) is 0 Å². The Hall–Kier alpha value is -2.93. The number of anilines is 1. The average molecular weight is 359 g/mol. The molecule has 0 bridgehead atoms. The molecule has 0 radical (unpaired) electrons. The summed E-state index contributed by atoms with van der Waals surface area (Å²) in [5.41, 5.74) is 0.530. The van der Waals surface area contributed by atoms with E-state index in [1.165, 1.54) is 29.5 Å². The van der Waals surface area contributed by atoms with E-state index in [-0.39, 0.29) is 10.6 Å². The first kappa shape index (κ1) is 16.9.